The number of nitrogens with zero attached hydrogens (tertiary/aromatic N) is 1. The summed E-state index contributed by atoms with van der Waals surface area (Å²) in [5, 5.41) is 11.3. The van der Waals surface area contributed by atoms with Crippen molar-refractivity contribution in [3.8, 4) is 0 Å². The van der Waals surface area contributed by atoms with E-state index in [1.165, 1.54) is 17.4 Å². The monoisotopic (exact) mass is 288 g/mol. The van der Waals surface area contributed by atoms with E-state index in [0.29, 0.717) is 15.4 Å². The maximum Gasteiger partial charge on any atom is 0.328 e. The minimum Gasteiger partial charge on any atom is -0.478 e. The third kappa shape index (κ3) is 3.76. The first kappa shape index (κ1) is 14.0. The molecule has 1 amide bonds. The maximum absolute atomic E-state index is 12.0. The predicted molar refractivity (Wildman–Crippen MR) is 77.9 cm³/mol. The molecule has 2 rings (SSSR count). The Morgan fingerprint density at radius 1 is 1.35 bits per heavy atom. The molecule has 0 atom stereocenters. The number of hydrogen-bond donors (Lipinski definition) is 2. The SMILES string of the molecule is Cc1cncc(NC(=O)c2ccc(/C=C/C(=O)O)s2)c1. The molecule has 6 heteroatoms. The van der Waals surface area contributed by atoms with Crippen LogP contribution in [0.3, 0.4) is 0 Å². The van der Waals surface area contributed by atoms with Crippen LogP contribution in [0.1, 0.15) is 20.1 Å². The molecule has 0 unspecified atom stereocenters. The van der Waals surface area contributed by atoms with Crippen molar-refractivity contribution in [1.82, 2.24) is 4.98 Å². The minimum atomic E-state index is -1.02. The highest BCUT2D eigenvalue weighted by molar-refractivity contribution is 7.15. The molecule has 0 aliphatic carbocycles. The number of carboxylic acid groups (broad SMARTS) is 1. The van der Waals surface area contributed by atoms with E-state index in [-0.39, 0.29) is 5.91 Å². The van der Waals surface area contributed by atoms with Gasteiger partial charge in [0.15, 0.2) is 0 Å². The fourth-order valence-electron chi connectivity index (χ4n) is 1.53. The number of rotatable bonds is 4. The number of aromatic nitrogens is 1. The molecular weight excluding hydrogens is 276 g/mol. The third-order valence-corrected chi connectivity index (χ3v) is 3.42. The highest BCUT2D eigenvalue weighted by Crippen LogP contribution is 2.19. The summed E-state index contributed by atoms with van der Waals surface area (Å²) in [6.07, 6.45) is 5.77. The average Bonchev–Trinajstić information content (AvgIpc) is 2.85. The van der Waals surface area contributed by atoms with E-state index in [1.807, 2.05) is 13.0 Å². The number of carbonyl (C=O) groups excluding carboxylic acids is 1. The third-order valence-electron chi connectivity index (χ3n) is 2.37. The van der Waals surface area contributed by atoms with Crippen LogP contribution in [-0.2, 0) is 4.79 Å². The van der Waals surface area contributed by atoms with Gasteiger partial charge in [0.1, 0.15) is 0 Å². The number of hydrogen-bond acceptors (Lipinski definition) is 4. The van der Waals surface area contributed by atoms with E-state index in [1.54, 1.807) is 24.5 Å². The van der Waals surface area contributed by atoms with E-state index < -0.39 is 5.97 Å². The topological polar surface area (TPSA) is 79.3 Å². The molecule has 0 aliphatic rings. The zero-order valence-electron chi connectivity index (χ0n) is 10.7. The Balaban J connectivity index is 2.08. The van der Waals surface area contributed by atoms with Gasteiger partial charge in [-0.3, -0.25) is 9.78 Å². The Labute approximate surface area is 119 Å². The zero-order chi connectivity index (χ0) is 14.5. The molecule has 0 saturated carbocycles. The number of pyridine rings is 1. The number of aliphatic carboxylic acids is 1. The molecule has 0 spiro atoms. The largest absolute Gasteiger partial charge is 0.478 e. The lowest BCUT2D eigenvalue weighted by molar-refractivity contribution is -0.131. The molecular formula is C14H12N2O3S. The predicted octanol–water partition coefficient (Wildman–Crippen LogP) is 2.80. The highest BCUT2D eigenvalue weighted by atomic mass is 32.1. The summed E-state index contributed by atoms with van der Waals surface area (Å²) in [6, 6.07) is 5.18. The van der Waals surface area contributed by atoms with Gasteiger partial charge in [0.2, 0.25) is 0 Å². The van der Waals surface area contributed by atoms with Crippen molar-refractivity contribution in [3.63, 3.8) is 0 Å². The molecule has 0 aliphatic heterocycles. The van der Waals surface area contributed by atoms with Gasteiger partial charge < -0.3 is 10.4 Å². The van der Waals surface area contributed by atoms with Crippen LogP contribution in [0, 0.1) is 6.92 Å². The first-order valence-corrected chi connectivity index (χ1v) is 6.60. The van der Waals surface area contributed by atoms with Gasteiger partial charge in [-0.15, -0.1) is 11.3 Å². The quantitative estimate of drug-likeness (QED) is 0.848. The van der Waals surface area contributed by atoms with Gasteiger partial charge in [-0.2, -0.15) is 0 Å². The Bertz CT molecular complexity index is 677. The normalized spacial score (nSPS) is 10.7. The molecule has 2 aromatic rings. The number of anilines is 1. The van der Waals surface area contributed by atoms with Crippen molar-refractivity contribution >= 4 is 35.0 Å². The molecule has 0 aromatic carbocycles. The summed E-state index contributed by atoms with van der Waals surface area (Å²) < 4.78 is 0. The summed E-state index contributed by atoms with van der Waals surface area (Å²) in [4.78, 5) is 27.6. The second-order valence-corrected chi connectivity index (χ2v) is 5.19. The molecule has 0 saturated heterocycles. The smallest absolute Gasteiger partial charge is 0.328 e. The fraction of sp³-hybridized carbons (Fsp3) is 0.0714. The lowest BCUT2D eigenvalue weighted by atomic mass is 10.3. The minimum absolute atomic E-state index is 0.239. The summed E-state index contributed by atoms with van der Waals surface area (Å²) in [5.74, 6) is -1.26. The van der Waals surface area contributed by atoms with Crippen molar-refractivity contribution in [2.45, 2.75) is 6.92 Å². The summed E-state index contributed by atoms with van der Waals surface area (Å²) in [7, 11) is 0. The molecule has 2 N–H and O–H groups in total. The van der Waals surface area contributed by atoms with Gasteiger partial charge in [0.25, 0.3) is 5.91 Å². The van der Waals surface area contributed by atoms with Crippen molar-refractivity contribution in [1.29, 1.82) is 0 Å². The number of thiophene rings is 1. The fourth-order valence-corrected chi connectivity index (χ4v) is 2.34. The van der Waals surface area contributed by atoms with Gasteiger partial charge in [-0.25, -0.2) is 4.79 Å². The number of carboxylic acids is 1. The lowest BCUT2D eigenvalue weighted by Gasteiger charge is -2.03. The van der Waals surface area contributed by atoms with Crippen molar-refractivity contribution in [2.75, 3.05) is 5.32 Å². The Kier molecular flexibility index (Phi) is 4.27. The number of aryl methyl sites for hydroxylation is 1. The first-order valence-electron chi connectivity index (χ1n) is 5.78. The van der Waals surface area contributed by atoms with Crippen molar-refractivity contribution in [3.05, 3.63) is 52.0 Å². The summed E-state index contributed by atoms with van der Waals surface area (Å²) in [5.41, 5.74) is 1.59. The number of amides is 1. The van der Waals surface area contributed by atoms with Gasteiger partial charge in [-0.05, 0) is 36.8 Å². The first-order chi connectivity index (χ1) is 9.54. The van der Waals surface area contributed by atoms with E-state index in [2.05, 4.69) is 10.3 Å². The lowest BCUT2D eigenvalue weighted by Crippen LogP contribution is -2.10. The Hall–Kier alpha value is -2.47. The van der Waals surface area contributed by atoms with Crippen LogP contribution in [0.15, 0.2) is 36.7 Å². The summed E-state index contributed by atoms with van der Waals surface area (Å²) in [6.45, 7) is 1.89. The second-order valence-electron chi connectivity index (χ2n) is 4.08. The van der Waals surface area contributed by atoms with Crippen molar-refractivity contribution in [2.24, 2.45) is 0 Å². The maximum atomic E-state index is 12.0. The molecule has 0 fully saturated rings. The van der Waals surface area contributed by atoms with Crippen LogP contribution in [0.2, 0.25) is 0 Å². The molecule has 5 nitrogen and oxygen atoms in total. The van der Waals surface area contributed by atoms with Crippen LogP contribution in [-0.4, -0.2) is 22.0 Å². The van der Waals surface area contributed by atoms with E-state index in [0.717, 1.165) is 11.6 Å². The molecule has 0 radical (unpaired) electrons. The molecule has 102 valence electrons. The molecule has 2 aromatic heterocycles. The Morgan fingerprint density at radius 2 is 2.15 bits per heavy atom. The van der Waals surface area contributed by atoms with E-state index in [9.17, 15) is 9.59 Å². The Morgan fingerprint density at radius 3 is 2.85 bits per heavy atom. The molecule has 2 heterocycles. The zero-order valence-corrected chi connectivity index (χ0v) is 11.5. The average molecular weight is 288 g/mol. The van der Waals surface area contributed by atoms with Gasteiger partial charge in [0.05, 0.1) is 16.8 Å². The second kappa shape index (κ2) is 6.12. The number of carbonyl (C=O) groups is 2. The molecule has 20 heavy (non-hydrogen) atoms. The highest BCUT2D eigenvalue weighted by Gasteiger charge is 2.09. The van der Waals surface area contributed by atoms with E-state index >= 15 is 0 Å². The van der Waals surface area contributed by atoms with Gasteiger partial charge in [0, 0.05) is 17.2 Å². The van der Waals surface area contributed by atoms with Gasteiger partial charge >= 0.3 is 5.97 Å². The van der Waals surface area contributed by atoms with E-state index in [4.69, 9.17) is 5.11 Å². The number of nitrogens with one attached hydrogen (secondary N) is 1. The van der Waals surface area contributed by atoms with Crippen LogP contribution >= 0.6 is 11.3 Å². The van der Waals surface area contributed by atoms with Crippen LogP contribution in [0.5, 0.6) is 0 Å². The molecule has 0 bridgehead atoms. The van der Waals surface area contributed by atoms with Crippen LogP contribution in [0.4, 0.5) is 5.69 Å². The van der Waals surface area contributed by atoms with Crippen LogP contribution in [0.25, 0.3) is 6.08 Å². The van der Waals surface area contributed by atoms with Gasteiger partial charge in [-0.1, -0.05) is 0 Å². The van der Waals surface area contributed by atoms with Crippen molar-refractivity contribution < 1.29 is 14.7 Å². The van der Waals surface area contributed by atoms with Crippen LogP contribution < -0.4 is 5.32 Å². The summed E-state index contributed by atoms with van der Waals surface area (Å²) >= 11 is 1.22. The standard InChI is InChI=1S/C14H12N2O3S/c1-9-6-10(8-15-7-9)16-14(19)12-4-2-11(20-12)3-5-13(17)18/h2-8H,1H3,(H,16,19)(H,17,18)/b5-3+.